The molecular weight excluding hydrogens is 599 g/mol. The predicted molar refractivity (Wildman–Crippen MR) is 155 cm³/mol. The highest BCUT2D eigenvalue weighted by Crippen LogP contribution is 2.46. The van der Waals surface area contributed by atoms with Crippen molar-refractivity contribution in [3.05, 3.63) is 77.4 Å². The van der Waals surface area contributed by atoms with Gasteiger partial charge in [-0.1, -0.05) is 30.0 Å². The summed E-state index contributed by atoms with van der Waals surface area (Å²) in [6.45, 7) is 4.53. The minimum atomic E-state index is -5.20. The van der Waals surface area contributed by atoms with Crippen molar-refractivity contribution < 1.29 is 32.3 Å². The maximum Gasteiger partial charge on any atom is 0.493 e. The number of thioether (sulfide) groups is 1. The van der Waals surface area contributed by atoms with E-state index in [1.165, 1.54) is 6.33 Å². The van der Waals surface area contributed by atoms with E-state index in [9.17, 15) is 22.8 Å². The molecule has 3 aromatic rings. The Kier molecular flexibility index (Phi) is 8.02. The van der Waals surface area contributed by atoms with Crippen LogP contribution in [0.3, 0.4) is 0 Å². The lowest BCUT2D eigenvalue weighted by Gasteiger charge is -2.42. The molecule has 11 nitrogen and oxygen atoms in total. The third-order valence-corrected chi connectivity index (χ3v) is 8.74. The highest BCUT2D eigenvalue weighted by molar-refractivity contribution is 8.04. The largest absolute Gasteiger partial charge is 0.493 e. The standard InChI is InChI=1S/C29H30F3N7O4S/c1-28(2)14-23-24(25(40)36-28)44-27(39(23)43-26(41)29(30,31)32)37-9-10-42-15-22(37)12-18-5-3-6-19(11-18)35-20-7-4-8-21(13-20)38-17-33-16-34-38/h3-8,11,13,16-17,22,27,35H,9-10,12,14-15H2,1-2H3,(H,36,40). The first-order valence-electron chi connectivity index (χ1n) is 13.9. The zero-order valence-electron chi connectivity index (χ0n) is 23.9. The van der Waals surface area contributed by atoms with E-state index in [-0.39, 0.29) is 23.1 Å². The smallest absolute Gasteiger partial charge is 0.378 e. The Bertz CT molecular complexity index is 1580. The topological polar surface area (TPSA) is 114 Å². The van der Waals surface area contributed by atoms with Crippen LogP contribution in [0.25, 0.3) is 5.69 Å². The SMILES string of the molecule is CC1(C)CC2=C(SC(N3CCOCC3Cc3cccc(Nc4cccc(-n5cncn5)c4)c3)N2OC(=O)C(F)(F)F)C(=O)N1. The minimum Gasteiger partial charge on any atom is -0.378 e. The second-order valence-corrected chi connectivity index (χ2v) is 12.4. The normalized spacial score (nSPS) is 22.0. The third kappa shape index (κ3) is 6.39. The molecule has 0 spiro atoms. The minimum absolute atomic E-state index is 0.198. The lowest BCUT2D eigenvalue weighted by molar-refractivity contribution is -0.243. The Morgan fingerprint density at radius 2 is 1.98 bits per heavy atom. The number of aromatic nitrogens is 3. The van der Waals surface area contributed by atoms with Crippen molar-refractivity contribution in [3.63, 3.8) is 0 Å². The monoisotopic (exact) mass is 629 g/mol. The maximum absolute atomic E-state index is 13.3. The van der Waals surface area contributed by atoms with Crippen molar-refractivity contribution in [2.45, 2.75) is 49.9 Å². The van der Waals surface area contributed by atoms with Crippen LogP contribution in [0, 0.1) is 0 Å². The average molecular weight is 630 g/mol. The molecule has 44 heavy (non-hydrogen) atoms. The Morgan fingerprint density at radius 1 is 1.20 bits per heavy atom. The number of carbonyl (C=O) groups excluding carboxylic acids is 2. The number of ether oxygens (including phenoxy) is 1. The molecule has 3 aliphatic rings. The van der Waals surface area contributed by atoms with Crippen LogP contribution in [0.2, 0.25) is 0 Å². The molecule has 2 unspecified atom stereocenters. The molecule has 0 radical (unpaired) electrons. The molecule has 2 atom stereocenters. The number of rotatable bonds is 7. The molecule has 6 rings (SSSR count). The summed E-state index contributed by atoms with van der Waals surface area (Å²) in [4.78, 5) is 36.2. The zero-order valence-corrected chi connectivity index (χ0v) is 24.7. The fourth-order valence-corrected chi connectivity index (χ4v) is 6.83. The first-order chi connectivity index (χ1) is 21.0. The van der Waals surface area contributed by atoms with E-state index in [0.717, 1.165) is 39.5 Å². The fourth-order valence-electron chi connectivity index (χ4n) is 5.49. The number of halogens is 3. The molecule has 1 amide bonds. The lowest BCUT2D eigenvalue weighted by atomic mass is 9.94. The Morgan fingerprint density at radius 3 is 2.73 bits per heavy atom. The molecule has 0 bridgehead atoms. The molecule has 3 aliphatic heterocycles. The molecule has 1 aromatic heterocycles. The van der Waals surface area contributed by atoms with Crippen LogP contribution in [0.1, 0.15) is 25.8 Å². The number of morpholine rings is 1. The van der Waals surface area contributed by atoms with Crippen molar-refractivity contribution in [2.24, 2.45) is 0 Å². The molecule has 232 valence electrons. The maximum atomic E-state index is 13.3. The van der Waals surface area contributed by atoms with Gasteiger partial charge in [-0.05, 0) is 56.2 Å². The van der Waals surface area contributed by atoms with Gasteiger partial charge in [0.2, 0.25) is 0 Å². The first kappa shape index (κ1) is 30.0. The number of nitrogens with zero attached hydrogens (tertiary/aromatic N) is 5. The van der Waals surface area contributed by atoms with E-state index in [0.29, 0.717) is 26.2 Å². The van der Waals surface area contributed by atoms with Gasteiger partial charge in [0.05, 0.1) is 29.5 Å². The summed E-state index contributed by atoms with van der Waals surface area (Å²) in [5.41, 5.74) is 2.14. The first-order valence-corrected chi connectivity index (χ1v) is 14.8. The van der Waals surface area contributed by atoms with E-state index >= 15 is 0 Å². The highest BCUT2D eigenvalue weighted by atomic mass is 32.2. The molecule has 2 aromatic carbocycles. The molecular formula is C29H30F3N7O4S. The average Bonchev–Trinajstić information content (AvgIpc) is 3.62. The van der Waals surface area contributed by atoms with Crippen molar-refractivity contribution in [1.29, 1.82) is 0 Å². The molecule has 1 saturated heterocycles. The summed E-state index contributed by atoms with van der Waals surface area (Å²) >= 11 is 1.09. The van der Waals surface area contributed by atoms with Gasteiger partial charge in [0.25, 0.3) is 5.91 Å². The van der Waals surface area contributed by atoms with Gasteiger partial charge >= 0.3 is 12.1 Å². The van der Waals surface area contributed by atoms with Crippen LogP contribution in [0.5, 0.6) is 0 Å². The van der Waals surface area contributed by atoms with Crippen LogP contribution in [-0.4, -0.2) is 79.6 Å². The van der Waals surface area contributed by atoms with E-state index in [2.05, 4.69) is 20.7 Å². The second kappa shape index (κ2) is 11.8. The molecule has 15 heteroatoms. The number of hydrogen-bond acceptors (Lipinski definition) is 10. The lowest BCUT2D eigenvalue weighted by Crippen LogP contribution is -2.56. The molecule has 0 saturated carbocycles. The highest BCUT2D eigenvalue weighted by Gasteiger charge is 2.51. The summed E-state index contributed by atoms with van der Waals surface area (Å²) in [5, 5.41) is 11.4. The number of hydrogen-bond donors (Lipinski definition) is 2. The summed E-state index contributed by atoms with van der Waals surface area (Å²) in [5.74, 6) is -2.75. The predicted octanol–water partition coefficient (Wildman–Crippen LogP) is 4.12. The van der Waals surface area contributed by atoms with Gasteiger partial charge in [0.1, 0.15) is 12.7 Å². The van der Waals surface area contributed by atoms with E-state index in [1.807, 2.05) is 53.4 Å². The van der Waals surface area contributed by atoms with Crippen molar-refractivity contribution >= 4 is 35.0 Å². The van der Waals surface area contributed by atoms with Crippen LogP contribution in [0.4, 0.5) is 24.5 Å². The number of anilines is 2. The van der Waals surface area contributed by atoms with Gasteiger partial charge in [0.15, 0.2) is 5.50 Å². The van der Waals surface area contributed by atoms with Gasteiger partial charge in [-0.15, -0.1) is 0 Å². The number of nitrogens with one attached hydrogen (secondary N) is 2. The zero-order chi connectivity index (χ0) is 31.1. The third-order valence-electron chi connectivity index (χ3n) is 7.41. The molecule has 2 N–H and O–H groups in total. The number of hydroxylamine groups is 2. The number of benzene rings is 2. The molecule has 4 heterocycles. The summed E-state index contributed by atoms with van der Waals surface area (Å²) in [7, 11) is 0. The second-order valence-electron chi connectivity index (χ2n) is 11.3. The number of amides is 1. The van der Waals surface area contributed by atoms with Crippen LogP contribution in [-0.2, 0) is 25.6 Å². The van der Waals surface area contributed by atoms with Crippen molar-refractivity contribution in [1.82, 2.24) is 30.0 Å². The van der Waals surface area contributed by atoms with Crippen molar-refractivity contribution in [2.75, 3.05) is 25.1 Å². The molecule has 1 fully saturated rings. The van der Waals surface area contributed by atoms with Crippen molar-refractivity contribution in [3.8, 4) is 5.69 Å². The van der Waals surface area contributed by atoms with E-state index < -0.39 is 29.1 Å². The van der Waals surface area contributed by atoms with Gasteiger partial charge < -0.3 is 20.2 Å². The number of carbonyl (C=O) groups is 2. The van der Waals surface area contributed by atoms with E-state index in [1.54, 1.807) is 24.9 Å². The Labute approximate surface area is 255 Å². The molecule has 0 aliphatic carbocycles. The Balaban J connectivity index is 1.22. The Hall–Kier alpha value is -4.08. The number of alkyl halides is 3. The van der Waals surface area contributed by atoms with Gasteiger partial charge in [0, 0.05) is 35.9 Å². The van der Waals surface area contributed by atoms with Gasteiger partial charge in [-0.25, -0.2) is 14.5 Å². The summed E-state index contributed by atoms with van der Waals surface area (Å²) in [6, 6.07) is 15.2. The summed E-state index contributed by atoms with van der Waals surface area (Å²) < 4.78 is 47.4. The van der Waals surface area contributed by atoms with Gasteiger partial charge in [-0.3, -0.25) is 9.69 Å². The van der Waals surface area contributed by atoms with Crippen LogP contribution < -0.4 is 10.6 Å². The van der Waals surface area contributed by atoms with Crippen LogP contribution >= 0.6 is 11.8 Å². The quantitative estimate of drug-likeness (QED) is 0.396. The van der Waals surface area contributed by atoms with Crippen LogP contribution in [0.15, 0.2) is 71.8 Å². The van der Waals surface area contributed by atoms with Gasteiger partial charge in [-0.2, -0.15) is 23.3 Å². The fraction of sp³-hybridized carbons (Fsp3) is 0.379. The van der Waals surface area contributed by atoms with E-state index in [4.69, 9.17) is 9.57 Å². The summed E-state index contributed by atoms with van der Waals surface area (Å²) in [6.07, 6.45) is -1.42.